The van der Waals surface area contributed by atoms with Crippen molar-refractivity contribution in [1.29, 1.82) is 0 Å². The molecule has 1 unspecified atom stereocenters. The number of ether oxygens (including phenoxy) is 1. The highest BCUT2D eigenvalue weighted by molar-refractivity contribution is 5.95. The predicted octanol–water partition coefficient (Wildman–Crippen LogP) is 4.26. The Bertz CT molecular complexity index is 649. The Morgan fingerprint density at radius 1 is 1.10 bits per heavy atom. The molecule has 0 aromatic heterocycles. The molecule has 110 valence electrons. The second kappa shape index (κ2) is 6.44. The molecule has 1 N–H and O–H groups in total. The average molecular weight is 283 g/mol. The van der Waals surface area contributed by atoms with Crippen molar-refractivity contribution in [3.05, 3.63) is 64.7 Å². The summed E-state index contributed by atoms with van der Waals surface area (Å²) in [6, 6.07) is 14.2. The summed E-state index contributed by atoms with van der Waals surface area (Å²) in [5.74, 6) is -0.322. The van der Waals surface area contributed by atoms with Gasteiger partial charge < -0.3 is 10.1 Å². The fourth-order valence-electron chi connectivity index (χ4n) is 2.32. The molecule has 3 nitrogen and oxygen atoms in total. The molecular weight excluding hydrogens is 262 g/mol. The van der Waals surface area contributed by atoms with Crippen LogP contribution in [-0.4, -0.2) is 13.1 Å². The van der Waals surface area contributed by atoms with Gasteiger partial charge in [-0.3, -0.25) is 0 Å². The van der Waals surface area contributed by atoms with Crippen LogP contribution in [-0.2, 0) is 4.74 Å². The van der Waals surface area contributed by atoms with Gasteiger partial charge in [0, 0.05) is 11.7 Å². The van der Waals surface area contributed by atoms with Crippen molar-refractivity contribution in [2.75, 3.05) is 12.4 Å². The lowest BCUT2D eigenvalue weighted by Gasteiger charge is -2.18. The van der Waals surface area contributed by atoms with Gasteiger partial charge in [0.1, 0.15) is 0 Å². The van der Waals surface area contributed by atoms with Crippen LogP contribution in [0.1, 0.15) is 40.0 Å². The second-order valence-electron chi connectivity index (χ2n) is 5.32. The van der Waals surface area contributed by atoms with Crippen molar-refractivity contribution >= 4 is 11.7 Å². The highest BCUT2D eigenvalue weighted by Crippen LogP contribution is 2.24. The minimum Gasteiger partial charge on any atom is -0.465 e. The maximum atomic E-state index is 11.9. The van der Waals surface area contributed by atoms with Crippen molar-refractivity contribution in [3.8, 4) is 0 Å². The quantitative estimate of drug-likeness (QED) is 0.852. The van der Waals surface area contributed by atoms with E-state index in [0.717, 1.165) is 11.3 Å². The van der Waals surface area contributed by atoms with E-state index in [0.29, 0.717) is 5.56 Å². The molecule has 2 rings (SSSR count). The summed E-state index contributed by atoms with van der Waals surface area (Å²) in [6.07, 6.45) is 0. The Labute approximate surface area is 126 Å². The van der Waals surface area contributed by atoms with Crippen LogP contribution in [0.15, 0.2) is 42.5 Å². The highest BCUT2D eigenvalue weighted by Gasteiger charge is 2.14. The number of anilines is 1. The Morgan fingerprint density at radius 2 is 1.81 bits per heavy atom. The number of esters is 1. The summed E-state index contributed by atoms with van der Waals surface area (Å²) in [5, 5.41) is 3.40. The molecule has 2 aromatic rings. The second-order valence-corrected chi connectivity index (χ2v) is 5.32. The van der Waals surface area contributed by atoms with Gasteiger partial charge in [0.2, 0.25) is 0 Å². The molecule has 0 spiro atoms. The highest BCUT2D eigenvalue weighted by atomic mass is 16.5. The molecule has 0 amide bonds. The first-order valence-corrected chi connectivity index (χ1v) is 7.03. The van der Waals surface area contributed by atoms with E-state index in [1.54, 1.807) is 0 Å². The van der Waals surface area contributed by atoms with Crippen molar-refractivity contribution in [2.45, 2.75) is 26.8 Å². The van der Waals surface area contributed by atoms with Crippen LogP contribution < -0.4 is 5.32 Å². The molecule has 0 fully saturated rings. The van der Waals surface area contributed by atoms with Crippen LogP contribution in [0.5, 0.6) is 0 Å². The smallest absolute Gasteiger partial charge is 0.339 e. The number of hydrogen-bond donors (Lipinski definition) is 1. The van der Waals surface area contributed by atoms with Crippen LogP contribution in [0, 0.1) is 13.8 Å². The Hall–Kier alpha value is -2.29. The van der Waals surface area contributed by atoms with E-state index in [9.17, 15) is 4.79 Å². The van der Waals surface area contributed by atoms with E-state index in [-0.39, 0.29) is 12.0 Å². The zero-order valence-electron chi connectivity index (χ0n) is 12.9. The summed E-state index contributed by atoms with van der Waals surface area (Å²) in [6.45, 7) is 6.11. The van der Waals surface area contributed by atoms with Gasteiger partial charge >= 0.3 is 5.97 Å². The molecule has 0 aliphatic heterocycles. The zero-order chi connectivity index (χ0) is 15.4. The Balaban J connectivity index is 2.28. The Kier molecular flexibility index (Phi) is 4.63. The van der Waals surface area contributed by atoms with Gasteiger partial charge in [0.15, 0.2) is 0 Å². The summed E-state index contributed by atoms with van der Waals surface area (Å²) in [4.78, 5) is 11.9. The minimum absolute atomic E-state index is 0.107. The van der Waals surface area contributed by atoms with Crippen LogP contribution >= 0.6 is 0 Å². The lowest BCUT2D eigenvalue weighted by atomic mass is 10.0. The number of aryl methyl sites for hydroxylation is 2. The zero-order valence-corrected chi connectivity index (χ0v) is 12.9. The topological polar surface area (TPSA) is 38.3 Å². The molecule has 3 heteroatoms. The standard InChI is InChI=1S/C18H21NO2/c1-12-6-5-7-15(10-12)14(3)19-17-9-8-13(2)11-16(17)18(20)21-4/h5-11,14,19H,1-4H3. The molecule has 0 aliphatic rings. The fraction of sp³-hybridized carbons (Fsp3) is 0.278. The van der Waals surface area contributed by atoms with E-state index in [4.69, 9.17) is 4.74 Å². The first-order chi connectivity index (χ1) is 10.0. The number of methoxy groups -OCH3 is 1. The molecule has 0 saturated heterocycles. The van der Waals surface area contributed by atoms with Gasteiger partial charge in [-0.2, -0.15) is 0 Å². The molecule has 0 saturated carbocycles. The van der Waals surface area contributed by atoms with Crippen molar-refractivity contribution in [2.24, 2.45) is 0 Å². The van der Waals surface area contributed by atoms with E-state index in [1.807, 2.05) is 31.2 Å². The number of nitrogens with one attached hydrogen (secondary N) is 1. The van der Waals surface area contributed by atoms with Gasteiger partial charge in [-0.25, -0.2) is 4.79 Å². The monoisotopic (exact) mass is 283 g/mol. The van der Waals surface area contributed by atoms with Crippen LogP contribution in [0.2, 0.25) is 0 Å². The fourth-order valence-corrected chi connectivity index (χ4v) is 2.32. The number of carbonyl (C=O) groups excluding carboxylic acids is 1. The van der Waals surface area contributed by atoms with Crippen LogP contribution in [0.25, 0.3) is 0 Å². The number of rotatable bonds is 4. The van der Waals surface area contributed by atoms with Gasteiger partial charge in [0.05, 0.1) is 12.7 Å². The summed E-state index contributed by atoms with van der Waals surface area (Å²) in [7, 11) is 1.40. The molecule has 0 heterocycles. The predicted molar refractivity (Wildman–Crippen MR) is 85.7 cm³/mol. The van der Waals surface area contributed by atoms with Crippen molar-refractivity contribution in [1.82, 2.24) is 0 Å². The third kappa shape index (κ3) is 3.63. The normalized spacial score (nSPS) is 11.8. The molecule has 0 radical (unpaired) electrons. The minimum atomic E-state index is -0.322. The summed E-state index contributed by atoms with van der Waals surface area (Å²) >= 11 is 0. The summed E-state index contributed by atoms with van der Waals surface area (Å²) in [5.41, 5.74) is 4.80. The number of benzene rings is 2. The van der Waals surface area contributed by atoms with E-state index in [2.05, 4.69) is 37.4 Å². The van der Waals surface area contributed by atoms with E-state index in [1.165, 1.54) is 18.2 Å². The van der Waals surface area contributed by atoms with Gasteiger partial charge in [0.25, 0.3) is 0 Å². The van der Waals surface area contributed by atoms with E-state index >= 15 is 0 Å². The first-order valence-electron chi connectivity index (χ1n) is 7.03. The maximum Gasteiger partial charge on any atom is 0.339 e. The molecule has 0 bridgehead atoms. The molecule has 1 atom stereocenters. The third-order valence-corrected chi connectivity index (χ3v) is 3.49. The number of carbonyl (C=O) groups is 1. The van der Waals surface area contributed by atoms with Crippen molar-refractivity contribution in [3.63, 3.8) is 0 Å². The SMILES string of the molecule is COC(=O)c1cc(C)ccc1NC(C)c1cccc(C)c1. The molecule has 0 aliphatic carbocycles. The Morgan fingerprint density at radius 3 is 2.48 bits per heavy atom. The van der Waals surface area contributed by atoms with Gasteiger partial charge in [-0.05, 0) is 38.5 Å². The lowest BCUT2D eigenvalue weighted by molar-refractivity contribution is 0.0601. The lowest BCUT2D eigenvalue weighted by Crippen LogP contribution is -2.12. The molecule has 21 heavy (non-hydrogen) atoms. The van der Waals surface area contributed by atoms with Crippen molar-refractivity contribution < 1.29 is 9.53 Å². The van der Waals surface area contributed by atoms with Gasteiger partial charge in [-0.1, -0.05) is 41.5 Å². The summed E-state index contributed by atoms with van der Waals surface area (Å²) < 4.78 is 4.86. The van der Waals surface area contributed by atoms with E-state index < -0.39 is 0 Å². The molecule has 2 aromatic carbocycles. The average Bonchev–Trinajstić information content (AvgIpc) is 2.48. The first kappa shape index (κ1) is 15.1. The third-order valence-electron chi connectivity index (χ3n) is 3.49. The van der Waals surface area contributed by atoms with Crippen LogP contribution in [0.4, 0.5) is 5.69 Å². The molecular formula is C18H21NO2. The van der Waals surface area contributed by atoms with Gasteiger partial charge in [-0.15, -0.1) is 0 Å². The largest absolute Gasteiger partial charge is 0.465 e. The maximum absolute atomic E-state index is 11.9. The van der Waals surface area contributed by atoms with Crippen LogP contribution in [0.3, 0.4) is 0 Å². The number of hydrogen-bond acceptors (Lipinski definition) is 3.